The fraction of sp³-hybridized carbons (Fsp3) is 0.429. The van der Waals surface area contributed by atoms with Crippen LogP contribution in [0.2, 0.25) is 0 Å². The molecule has 0 atom stereocenters. The SMILES string of the molecule is CCCCCNC(=O)c1ccc(Cn2cccn2)o1. The highest BCUT2D eigenvalue weighted by Crippen LogP contribution is 2.09. The van der Waals surface area contributed by atoms with Crippen molar-refractivity contribution in [2.45, 2.75) is 32.7 Å². The molecule has 2 aromatic rings. The lowest BCUT2D eigenvalue weighted by atomic mass is 10.2. The lowest BCUT2D eigenvalue weighted by Gasteiger charge is -2.02. The normalized spacial score (nSPS) is 10.6. The maximum Gasteiger partial charge on any atom is 0.286 e. The van der Waals surface area contributed by atoms with Gasteiger partial charge in [0.05, 0.1) is 6.54 Å². The first kappa shape index (κ1) is 13.4. The molecule has 1 N–H and O–H groups in total. The maximum atomic E-state index is 11.8. The summed E-state index contributed by atoms with van der Waals surface area (Å²) in [6, 6.07) is 5.36. The molecule has 0 radical (unpaired) electrons. The Morgan fingerprint density at radius 3 is 3.05 bits per heavy atom. The quantitative estimate of drug-likeness (QED) is 0.779. The zero-order chi connectivity index (χ0) is 13.5. The van der Waals surface area contributed by atoms with Crippen LogP contribution in [-0.4, -0.2) is 22.2 Å². The summed E-state index contributed by atoms with van der Waals surface area (Å²) in [5.74, 6) is 0.934. The summed E-state index contributed by atoms with van der Waals surface area (Å²) in [5, 5.41) is 6.94. The second-order valence-corrected chi connectivity index (χ2v) is 4.43. The van der Waals surface area contributed by atoms with Crippen LogP contribution in [0.25, 0.3) is 0 Å². The molecule has 0 saturated carbocycles. The van der Waals surface area contributed by atoms with Gasteiger partial charge in [0.2, 0.25) is 0 Å². The number of carbonyl (C=O) groups excluding carboxylic acids is 1. The van der Waals surface area contributed by atoms with Crippen molar-refractivity contribution in [3.8, 4) is 0 Å². The molecule has 0 spiro atoms. The highest BCUT2D eigenvalue weighted by atomic mass is 16.4. The van der Waals surface area contributed by atoms with Gasteiger partial charge in [-0.25, -0.2) is 0 Å². The van der Waals surface area contributed by atoms with E-state index in [1.54, 1.807) is 16.9 Å². The first-order valence-corrected chi connectivity index (χ1v) is 6.64. The minimum atomic E-state index is -0.150. The third kappa shape index (κ3) is 3.98. The molecule has 0 aliphatic carbocycles. The molecule has 5 nitrogen and oxygen atoms in total. The first-order valence-electron chi connectivity index (χ1n) is 6.64. The lowest BCUT2D eigenvalue weighted by Crippen LogP contribution is -2.23. The van der Waals surface area contributed by atoms with Crippen molar-refractivity contribution in [3.05, 3.63) is 42.1 Å². The van der Waals surface area contributed by atoms with Crippen LogP contribution in [0.15, 0.2) is 35.0 Å². The molecular weight excluding hydrogens is 242 g/mol. The van der Waals surface area contributed by atoms with Crippen LogP contribution in [0.5, 0.6) is 0 Å². The molecule has 5 heteroatoms. The third-order valence-corrected chi connectivity index (χ3v) is 2.83. The Morgan fingerprint density at radius 1 is 1.42 bits per heavy atom. The number of nitrogens with one attached hydrogen (secondary N) is 1. The summed E-state index contributed by atoms with van der Waals surface area (Å²) in [4.78, 5) is 11.8. The van der Waals surface area contributed by atoms with Gasteiger partial charge in [0.15, 0.2) is 5.76 Å². The summed E-state index contributed by atoms with van der Waals surface area (Å²) >= 11 is 0. The number of hydrogen-bond acceptors (Lipinski definition) is 3. The molecule has 0 aromatic carbocycles. The highest BCUT2D eigenvalue weighted by molar-refractivity contribution is 5.91. The van der Waals surface area contributed by atoms with Crippen molar-refractivity contribution in [2.24, 2.45) is 0 Å². The number of aromatic nitrogens is 2. The van der Waals surface area contributed by atoms with Crippen LogP contribution in [0, 0.1) is 0 Å². The van der Waals surface area contributed by atoms with Crippen LogP contribution in [-0.2, 0) is 6.54 Å². The standard InChI is InChI=1S/C14H19N3O2/c1-2-3-4-8-15-14(18)13-7-6-12(19-13)11-17-10-5-9-16-17/h5-7,9-10H,2-4,8,11H2,1H3,(H,15,18). The summed E-state index contributed by atoms with van der Waals surface area (Å²) in [6.07, 6.45) is 6.84. The number of rotatable bonds is 7. The Balaban J connectivity index is 1.84. The zero-order valence-corrected chi connectivity index (χ0v) is 11.1. The summed E-state index contributed by atoms with van der Waals surface area (Å²) in [7, 11) is 0. The molecule has 1 amide bonds. The van der Waals surface area contributed by atoms with E-state index in [9.17, 15) is 4.79 Å². The second-order valence-electron chi connectivity index (χ2n) is 4.43. The van der Waals surface area contributed by atoms with Crippen LogP contribution in [0.1, 0.15) is 42.5 Å². The Labute approximate surface area is 112 Å². The van der Waals surface area contributed by atoms with Crippen LogP contribution in [0.3, 0.4) is 0 Å². The molecule has 0 unspecified atom stereocenters. The fourth-order valence-corrected chi connectivity index (χ4v) is 1.80. The molecule has 2 heterocycles. The molecule has 2 aromatic heterocycles. The Morgan fingerprint density at radius 2 is 2.32 bits per heavy atom. The molecule has 0 aliphatic heterocycles. The summed E-state index contributed by atoms with van der Waals surface area (Å²) < 4.78 is 7.25. The minimum absolute atomic E-state index is 0.150. The number of nitrogens with zero attached hydrogens (tertiary/aromatic N) is 2. The van der Waals surface area contributed by atoms with E-state index in [1.165, 1.54) is 0 Å². The van der Waals surface area contributed by atoms with Gasteiger partial charge in [-0.2, -0.15) is 5.10 Å². The number of amides is 1. The van der Waals surface area contributed by atoms with E-state index in [0.717, 1.165) is 25.0 Å². The highest BCUT2D eigenvalue weighted by Gasteiger charge is 2.10. The average Bonchev–Trinajstić information content (AvgIpc) is 3.06. The Hall–Kier alpha value is -2.04. The molecule has 0 bridgehead atoms. The maximum absolute atomic E-state index is 11.8. The predicted octanol–water partition coefficient (Wildman–Crippen LogP) is 2.44. The van der Waals surface area contributed by atoms with E-state index in [4.69, 9.17) is 4.42 Å². The number of hydrogen-bond donors (Lipinski definition) is 1. The van der Waals surface area contributed by atoms with Crippen molar-refractivity contribution in [1.29, 1.82) is 0 Å². The van der Waals surface area contributed by atoms with Crippen molar-refractivity contribution >= 4 is 5.91 Å². The van der Waals surface area contributed by atoms with Crippen molar-refractivity contribution in [3.63, 3.8) is 0 Å². The van der Waals surface area contributed by atoms with E-state index in [1.807, 2.05) is 18.3 Å². The van der Waals surface area contributed by atoms with Crippen molar-refractivity contribution < 1.29 is 9.21 Å². The second kappa shape index (κ2) is 6.78. The van der Waals surface area contributed by atoms with Gasteiger partial charge in [0, 0.05) is 18.9 Å². The van der Waals surface area contributed by atoms with Crippen molar-refractivity contribution in [1.82, 2.24) is 15.1 Å². The van der Waals surface area contributed by atoms with Gasteiger partial charge in [-0.15, -0.1) is 0 Å². The van der Waals surface area contributed by atoms with Crippen LogP contribution >= 0.6 is 0 Å². The average molecular weight is 261 g/mol. The molecule has 102 valence electrons. The number of unbranched alkanes of at least 4 members (excludes halogenated alkanes) is 2. The van der Waals surface area contributed by atoms with Gasteiger partial charge < -0.3 is 9.73 Å². The summed E-state index contributed by atoms with van der Waals surface area (Å²) in [5.41, 5.74) is 0. The smallest absolute Gasteiger partial charge is 0.286 e. The molecule has 0 saturated heterocycles. The molecule has 0 aliphatic rings. The van der Waals surface area contributed by atoms with Crippen molar-refractivity contribution in [2.75, 3.05) is 6.54 Å². The number of carbonyl (C=O) groups is 1. The largest absolute Gasteiger partial charge is 0.454 e. The van der Waals surface area contributed by atoms with Gasteiger partial charge in [0.25, 0.3) is 5.91 Å². The van der Waals surface area contributed by atoms with E-state index >= 15 is 0 Å². The van der Waals surface area contributed by atoms with Gasteiger partial charge >= 0.3 is 0 Å². The van der Waals surface area contributed by atoms with Gasteiger partial charge in [-0.05, 0) is 24.6 Å². The van der Waals surface area contributed by atoms with Gasteiger partial charge in [0.1, 0.15) is 5.76 Å². The summed E-state index contributed by atoms with van der Waals surface area (Å²) in [6.45, 7) is 3.37. The third-order valence-electron chi connectivity index (χ3n) is 2.83. The molecular formula is C14H19N3O2. The Bertz CT molecular complexity index is 503. The monoisotopic (exact) mass is 261 g/mol. The van der Waals surface area contributed by atoms with E-state index in [2.05, 4.69) is 17.3 Å². The number of furan rings is 1. The molecule has 2 rings (SSSR count). The lowest BCUT2D eigenvalue weighted by molar-refractivity contribution is 0.0923. The van der Waals surface area contributed by atoms with E-state index in [-0.39, 0.29) is 5.91 Å². The van der Waals surface area contributed by atoms with E-state index < -0.39 is 0 Å². The van der Waals surface area contributed by atoms with Gasteiger partial charge in [-0.1, -0.05) is 19.8 Å². The Kier molecular flexibility index (Phi) is 4.78. The fourth-order valence-electron chi connectivity index (χ4n) is 1.80. The minimum Gasteiger partial charge on any atom is -0.454 e. The topological polar surface area (TPSA) is 60.1 Å². The zero-order valence-electron chi connectivity index (χ0n) is 11.1. The molecule has 19 heavy (non-hydrogen) atoms. The molecule has 0 fully saturated rings. The van der Waals surface area contributed by atoms with Gasteiger partial charge in [-0.3, -0.25) is 9.48 Å². The first-order chi connectivity index (χ1) is 9.29. The predicted molar refractivity (Wildman–Crippen MR) is 71.9 cm³/mol. The van der Waals surface area contributed by atoms with Crippen LogP contribution in [0.4, 0.5) is 0 Å². The van der Waals surface area contributed by atoms with Crippen LogP contribution < -0.4 is 5.32 Å². The van der Waals surface area contributed by atoms with E-state index in [0.29, 0.717) is 18.8 Å².